The molecule has 1 aromatic carbocycles. The third kappa shape index (κ3) is 3.02. The highest BCUT2D eigenvalue weighted by Gasteiger charge is 2.14. The van der Waals surface area contributed by atoms with Crippen LogP contribution in [0.4, 0.5) is 0 Å². The van der Waals surface area contributed by atoms with Crippen molar-refractivity contribution in [2.45, 2.75) is 51.6 Å². The predicted molar refractivity (Wildman–Crippen MR) is 92.6 cm³/mol. The average Bonchev–Trinajstić information content (AvgIpc) is 2.90. The van der Waals surface area contributed by atoms with Gasteiger partial charge in [0, 0.05) is 29.4 Å². The van der Waals surface area contributed by atoms with Crippen molar-refractivity contribution < 1.29 is 0 Å². The Morgan fingerprint density at radius 3 is 2.91 bits per heavy atom. The smallest absolute Gasteiger partial charge is 0.122 e. The van der Waals surface area contributed by atoms with E-state index < -0.39 is 0 Å². The van der Waals surface area contributed by atoms with Crippen LogP contribution in [0.1, 0.15) is 43.9 Å². The third-order valence-electron chi connectivity index (χ3n) is 4.78. The fourth-order valence-corrected chi connectivity index (χ4v) is 3.55. The maximum absolute atomic E-state index is 7.62. The topological polar surface area (TPSA) is 66.8 Å². The number of benzene rings is 1. The molecule has 2 aromatic rings. The van der Waals surface area contributed by atoms with Gasteiger partial charge in [-0.05, 0) is 56.7 Å². The van der Waals surface area contributed by atoms with Crippen molar-refractivity contribution in [3.8, 4) is 0 Å². The van der Waals surface area contributed by atoms with Crippen molar-refractivity contribution in [1.82, 2.24) is 9.88 Å². The van der Waals surface area contributed by atoms with Crippen LogP contribution >= 0.6 is 0 Å². The Morgan fingerprint density at radius 1 is 1.36 bits per heavy atom. The standard InChI is InChI=1S/C18H26N4/c1-2-22-16(9-8-15-5-3-4-10-21-15)11-13-6-7-14(18(19)20)12-17(13)22/h6-7,11-12,15,21H,2-5,8-10H2,1H3,(H3,19,20)/t15-/m0/s1. The number of hydrogen-bond acceptors (Lipinski definition) is 2. The van der Waals surface area contributed by atoms with Gasteiger partial charge in [-0.1, -0.05) is 18.6 Å². The minimum atomic E-state index is 0.138. The molecule has 4 nitrogen and oxygen atoms in total. The van der Waals surface area contributed by atoms with E-state index in [4.69, 9.17) is 11.1 Å². The molecule has 1 aliphatic heterocycles. The van der Waals surface area contributed by atoms with Gasteiger partial charge in [-0.15, -0.1) is 0 Å². The molecule has 118 valence electrons. The molecule has 0 amide bonds. The monoisotopic (exact) mass is 298 g/mol. The highest BCUT2D eigenvalue weighted by atomic mass is 15.0. The van der Waals surface area contributed by atoms with Gasteiger partial charge >= 0.3 is 0 Å². The number of fused-ring (bicyclic) bond motifs is 1. The molecule has 4 N–H and O–H groups in total. The second kappa shape index (κ2) is 6.53. The number of rotatable bonds is 5. The number of amidine groups is 1. The summed E-state index contributed by atoms with van der Waals surface area (Å²) in [5, 5.41) is 12.5. The summed E-state index contributed by atoms with van der Waals surface area (Å²) in [6.07, 6.45) is 6.29. The van der Waals surface area contributed by atoms with E-state index in [9.17, 15) is 0 Å². The van der Waals surface area contributed by atoms with E-state index in [1.165, 1.54) is 48.8 Å². The molecular formula is C18H26N4. The first kappa shape index (κ1) is 15.1. The van der Waals surface area contributed by atoms with Gasteiger partial charge in [0.15, 0.2) is 0 Å². The van der Waals surface area contributed by atoms with Crippen LogP contribution in [-0.2, 0) is 13.0 Å². The molecule has 1 fully saturated rings. The molecule has 0 bridgehead atoms. The van der Waals surface area contributed by atoms with Crippen LogP contribution in [0.3, 0.4) is 0 Å². The number of nitrogens with two attached hydrogens (primary N) is 1. The number of nitrogen functional groups attached to an aromatic ring is 1. The predicted octanol–water partition coefficient (Wildman–Crippen LogP) is 3.02. The molecule has 3 rings (SSSR count). The first-order valence-corrected chi connectivity index (χ1v) is 8.39. The lowest BCUT2D eigenvalue weighted by Crippen LogP contribution is -2.34. The van der Waals surface area contributed by atoms with E-state index in [0.29, 0.717) is 6.04 Å². The van der Waals surface area contributed by atoms with E-state index >= 15 is 0 Å². The van der Waals surface area contributed by atoms with E-state index in [2.05, 4.69) is 28.9 Å². The summed E-state index contributed by atoms with van der Waals surface area (Å²) in [7, 11) is 0. The van der Waals surface area contributed by atoms with Gasteiger partial charge in [0.1, 0.15) is 5.84 Å². The summed E-state index contributed by atoms with van der Waals surface area (Å²) < 4.78 is 2.37. The molecule has 0 saturated carbocycles. The van der Waals surface area contributed by atoms with Crippen LogP contribution in [0.15, 0.2) is 24.3 Å². The quantitative estimate of drug-likeness (QED) is 0.587. The summed E-state index contributed by atoms with van der Waals surface area (Å²) in [6.45, 7) is 4.31. The van der Waals surface area contributed by atoms with E-state index in [0.717, 1.165) is 18.5 Å². The lowest BCUT2D eigenvalue weighted by molar-refractivity contribution is 0.380. The Kier molecular flexibility index (Phi) is 4.48. The Labute approximate surface area is 132 Å². The molecule has 1 aromatic heterocycles. The fourth-order valence-electron chi connectivity index (χ4n) is 3.55. The highest BCUT2D eigenvalue weighted by Crippen LogP contribution is 2.23. The van der Waals surface area contributed by atoms with E-state index in [1.807, 2.05) is 12.1 Å². The molecule has 1 saturated heterocycles. The van der Waals surface area contributed by atoms with Crippen molar-refractivity contribution in [1.29, 1.82) is 5.41 Å². The van der Waals surface area contributed by atoms with Gasteiger partial charge < -0.3 is 15.6 Å². The first-order valence-electron chi connectivity index (χ1n) is 8.39. The van der Waals surface area contributed by atoms with Crippen LogP contribution < -0.4 is 11.1 Å². The van der Waals surface area contributed by atoms with Gasteiger partial charge in [-0.2, -0.15) is 0 Å². The molecule has 2 heterocycles. The Hall–Kier alpha value is -1.81. The Morgan fingerprint density at radius 2 is 2.23 bits per heavy atom. The number of aromatic nitrogens is 1. The maximum Gasteiger partial charge on any atom is 0.122 e. The highest BCUT2D eigenvalue weighted by molar-refractivity contribution is 5.98. The Bertz CT molecular complexity index is 665. The van der Waals surface area contributed by atoms with Gasteiger partial charge in [0.05, 0.1) is 0 Å². The van der Waals surface area contributed by atoms with Gasteiger partial charge in [0.25, 0.3) is 0 Å². The van der Waals surface area contributed by atoms with Crippen LogP contribution in [0, 0.1) is 5.41 Å². The maximum atomic E-state index is 7.62. The van der Waals surface area contributed by atoms with E-state index in [1.54, 1.807) is 0 Å². The molecule has 0 spiro atoms. The van der Waals surface area contributed by atoms with Gasteiger partial charge in [0.2, 0.25) is 0 Å². The van der Waals surface area contributed by atoms with Crippen LogP contribution in [0.5, 0.6) is 0 Å². The van der Waals surface area contributed by atoms with Crippen molar-refractivity contribution in [2.24, 2.45) is 5.73 Å². The van der Waals surface area contributed by atoms with E-state index in [-0.39, 0.29) is 5.84 Å². The SMILES string of the molecule is CCn1c(CC[C@@H]2CCCCN2)cc2ccc(C(=N)N)cc21. The second-order valence-electron chi connectivity index (χ2n) is 6.25. The summed E-state index contributed by atoms with van der Waals surface area (Å²) in [5.74, 6) is 0.138. The molecule has 22 heavy (non-hydrogen) atoms. The van der Waals surface area contributed by atoms with Gasteiger partial charge in [-0.3, -0.25) is 5.41 Å². The lowest BCUT2D eigenvalue weighted by atomic mass is 10.00. The number of hydrogen-bond donors (Lipinski definition) is 3. The van der Waals surface area contributed by atoms with Crippen molar-refractivity contribution in [3.05, 3.63) is 35.5 Å². The summed E-state index contributed by atoms with van der Waals surface area (Å²) >= 11 is 0. The number of nitrogens with zero attached hydrogens (tertiary/aromatic N) is 1. The van der Waals surface area contributed by atoms with Crippen LogP contribution in [-0.4, -0.2) is 23.0 Å². The molecule has 0 radical (unpaired) electrons. The molecule has 1 atom stereocenters. The van der Waals surface area contributed by atoms with Gasteiger partial charge in [-0.25, -0.2) is 0 Å². The number of aryl methyl sites for hydroxylation is 2. The molecule has 1 aliphatic rings. The molecule has 4 heteroatoms. The normalized spacial score (nSPS) is 18.7. The van der Waals surface area contributed by atoms with Crippen molar-refractivity contribution in [3.63, 3.8) is 0 Å². The number of piperidine rings is 1. The largest absolute Gasteiger partial charge is 0.384 e. The summed E-state index contributed by atoms with van der Waals surface area (Å²) in [5.41, 5.74) is 9.02. The first-order chi connectivity index (χ1) is 10.7. The lowest BCUT2D eigenvalue weighted by Gasteiger charge is -2.23. The summed E-state index contributed by atoms with van der Waals surface area (Å²) in [6, 6.07) is 9.04. The zero-order valence-electron chi connectivity index (χ0n) is 13.4. The molecule has 0 unspecified atom stereocenters. The number of nitrogens with one attached hydrogen (secondary N) is 2. The fraction of sp³-hybridized carbons (Fsp3) is 0.500. The zero-order chi connectivity index (χ0) is 15.5. The second-order valence-corrected chi connectivity index (χ2v) is 6.25. The van der Waals surface area contributed by atoms with Crippen molar-refractivity contribution >= 4 is 16.7 Å². The third-order valence-corrected chi connectivity index (χ3v) is 4.78. The average molecular weight is 298 g/mol. The minimum absolute atomic E-state index is 0.138. The zero-order valence-corrected chi connectivity index (χ0v) is 13.4. The van der Waals surface area contributed by atoms with Crippen LogP contribution in [0.2, 0.25) is 0 Å². The van der Waals surface area contributed by atoms with Crippen molar-refractivity contribution in [2.75, 3.05) is 6.54 Å². The van der Waals surface area contributed by atoms with Crippen LogP contribution in [0.25, 0.3) is 10.9 Å². The molecule has 0 aliphatic carbocycles. The summed E-state index contributed by atoms with van der Waals surface area (Å²) in [4.78, 5) is 0. The molecular weight excluding hydrogens is 272 g/mol. The minimum Gasteiger partial charge on any atom is -0.384 e. The Balaban J connectivity index is 1.83.